The summed E-state index contributed by atoms with van der Waals surface area (Å²) in [6, 6.07) is 2.73. The summed E-state index contributed by atoms with van der Waals surface area (Å²) in [5.41, 5.74) is 5.97. The zero-order valence-corrected chi connectivity index (χ0v) is 11.9. The Balaban J connectivity index is 2.76. The quantitative estimate of drug-likeness (QED) is 0.625. The van der Waals surface area contributed by atoms with Gasteiger partial charge in [-0.1, -0.05) is 52.4 Å². The summed E-state index contributed by atoms with van der Waals surface area (Å²) in [6.45, 7) is 11.5. The maximum atomic E-state index is 2.57. The van der Waals surface area contributed by atoms with Gasteiger partial charge in [0.25, 0.3) is 0 Å². The summed E-state index contributed by atoms with van der Waals surface area (Å²) < 4.78 is 0. The molecule has 0 aromatic rings. The van der Waals surface area contributed by atoms with Gasteiger partial charge >= 0.3 is 0 Å². The first-order valence-electron chi connectivity index (χ1n) is 6.08. The van der Waals surface area contributed by atoms with Crippen LogP contribution in [0.2, 0.25) is 12.1 Å². The molecule has 0 radical (unpaired) electrons. The minimum Gasteiger partial charge on any atom is -0.0783 e. The molecule has 0 amide bonds. The van der Waals surface area contributed by atoms with Crippen LogP contribution in [0.5, 0.6) is 0 Å². The van der Waals surface area contributed by atoms with Crippen LogP contribution in [0, 0.1) is 5.41 Å². The highest BCUT2D eigenvalue weighted by Crippen LogP contribution is 2.31. The van der Waals surface area contributed by atoms with Gasteiger partial charge in [-0.2, -0.15) is 0 Å². The van der Waals surface area contributed by atoms with E-state index in [0.717, 1.165) is 0 Å². The molecule has 1 aliphatic rings. The third-order valence-electron chi connectivity index (χ3n) is 3.06. The molecule has 0 unspecified atom stereocenters. The summed E-state index contributed by atoms with van der Waals surface area (Å²) in [5.74, 6) is 0. The van der Waals surface area contributed by atoms with Crippen molar-refractivity contribution in [2.75, 3.05) is 0 Å². The van der Waals surface area contributed by atoms with Crippen molar-refractivity contribution in [2.45, 2.75) is 53.1 Å². The molecule has 1 aliphatic carbocycles. The van der Waals surface area contributed by atoms with Gasteiger partial charge in [-0.15, -0.1) is 0 Å². The van der Waals surface area contributed by atoms with Gasteiger partial charge in [-0.25, -0.2) is 0 Å². The monoisotopic (exact) mass is 220 g/mol. The van der Waals surface area contributed by atoms with Crippen LogP contribution < -0.4 is 0 Å². The van der Waals surface area contributed by atoms with Crippen LogP contribution >= 0.6 is 0 Å². The van der Waals surface area contributed by atoms with E-state index < -0.39 is 0 Å². The predicted octanol–water partition coefficient (Wildman–Crippen LogP) is 4.21. The largest absolute Gasteiger partial charge is 0.0783 e. The van der Waals surface area contributed by atoms with Gasteiger partial charge in [-0.3, -0.25) is 0 Å². The Labute approximate surface area is 96.3 Å². The molecule has 0 saturated heterocycles. The Morgan fingerprint density at radius 2 is 1.87 bits per heavy atom. The van der Waals surface area contributed by atoms with E-state index in [1.165, 1.54) is 24.1 Å². The van der Waals surface area contributed by atoms with Crippen LogP contribution in [-0.4, -0.2) is 14.1 Å². The molecule has 0 fully saturated rings. The Bertz CT molecular complexity index is 305. The van der Waals surface area contributed by atoms with E-state index in [-0.39, 0.29) is 8.41 Å². The number of allylic oxidation sites excluding steroid dienone is 4. The van der Waals surface area contributed by atoms with Crippen molar-refractivity contribution < 1.29 is 0 Å². The summed E-state index contributed by atoms with van der Waals surface area (Å²) >= 11 is 0. The third kappa shape index (κ3) is 3.56. The molecule has 15 heavy (non-hydrogen) atoms. The van der Waals surface area contributed by atoms with Crippen molar-refractivity contribution >= 4 is 14.1 Å². The standard InChI is InChI=1S/C14H24Si/c1-6-15(7-2)11-12-8-9-13(10-12)14(3,4)5/h9-11H,6-8H2,1-5H3. The summed E-state index contributed by atoms with van der Waals surface area (Å²) in [5, 5.41) is 0. The molecular weight excluding hydrogens is 196 g/mol. The maximum absolute atomic E-state index is 2.57. The molecule has 0 aromatic heterocycles. The molecule has 0 aliphatic heterocycles. The van der Waals surface area contributed by atoms with Gasteiger partial charge in [0.15, 0.2) is 0 Å². The Kier molecular flexibility index (Phi) is 4.27. The summed E-state index contributed by atoms with van der Waals surface area (Å²) in [6.07, 6.45) is 5.98. The lowest BCUT2D eigenvalue weighted by Gasteiger charge is -2.18. The van der Waals surface area contributed by atoms with Crippen molar-refractivity contribution in [1.29, 1.82) is 0 Å². The van der Waals surface area contributed by atoms with E-state index in [2.05, 4.69) is 52.4 Å². The molecule has 0 atom stereocenters. The fourth-order valence-corrected chi connectivity index (χ4v) is 3.52. The van der Waals surface area contributed by atoms with Crippen LogP contribution in [-0.2, 0) is 0 Å². The van der Waals surface area contributed by atoms with Crippen molar-refractivity contribution in [3.05, 3.63) is 23.3 Å². The first-order valence-corrected chi connectivity index (χ1v) is 8.07. The zero-order valence-electron chi connectivity index (χ0n) is 10.9. The molecule has 1 heteroatoms. The summed E-state index contributed by atoms with van der Waals surface area (Å²) in [4.78, 5) is 0. The fourth-order valence-electron chi connectivity index (χ4n) is 1.88. The second-order valence-corrected chi connectivity index (χ2v) is 8.36. The third-order valence-corrected chi connectivity index (χ3v) is 5.66. The lowest BCUT2D eigenvalue weighted by Crippen LogP contribution is -2.06. The average Bonchev–Trinajstić information content (AvgIpc) is 2.61. The van der Waals surface area contributed by atoms with Gasteiger partial charge in [0.1, 0.15) is 0 Å². The topological polar surface area (TPSA) is 0 Å². The second-order valence-electron chi connectivity index (χ2n) is 5.34. The summed E-state index contributed by atoms with van der Waals surface area (Å²) in [7, 11) is -0.201. The van der Waals surface area contributed by atoms with Crippen molar-refractivity contribution in [3.63, 3.8) is 0 Å². The highest BCUT2D eigenvalue weighted by atomic mass is 28.2. The van der Waals surface area contributed by atoms with Crippen molar-refractivity contribution in [1.82, 2.24) is 0 Å². The molecule has 0 heterocycles. The van der Waals surface area contributed by atoms with Gasteiger partial charge < -0.3 is 0 Å². The van der Waals surface area contributed by atoms with Crippen LogP contribution in [0.25, 0.3) is 0 Å². The molecule has 1 rings (SSSR count). The maximum Gasteiger partial charge on any atom is 0.00955 e. The number of hydrogen-bond acceptors (Lipinski definition) is 0. The SMILES string of the molecule is CC[Si](=CC1=CC(C(C)(C)C)=CC1)CC. The Morgan fingerprint density at radius 1 is 1.27 bits per heavy atom. The van der Waals surface area contributed by atoms with Crippen molar-refractivity contribution in [2.24, 2.45) is 5.41 Å². The van der Waals surface area contributed by atoms with Crippen molar-refractivity contribution in [3.8, 4) is 0 Å². The molecule has 0 aromatic carbocycles. The van der Waals surface area contributed by atoms with E-state index >= 15 is 0 Å². The van der Waals surface area contributed by atoms with Gasteiger partial charge in [0.2, 0.25) is 0 Å². The normalized spacial score (nSPS) is 16.1. The molecular formula is C14H24Si. The number of rotatable bonds is 3. The van der Waals surface area contributed by atoms with Crippen LogP contribution in [0.4, 0.5) is 0 Å². The molecule has 0 bridgehead atoms. The van der Waals surface area contributed by atoms with Crippen LogP contribution in [0.3, 0.4) is 0 Å². The van der Waals surface area contributed by atoms with E-state index in [4.69, 9.17) is 0 Å². The van der Waals surface area contributed by atoms with E-state index in [1.807, 2.05) is 0 Å². The van der Waals surface area contributed by atoms with Crippen LogP contribution in [0.15, 0.2) is 23.3 Å². The van der Waals surface area contributed by atoms with E-state index in [0.29, 0.717) is 5.41 Å². The average molecular weight is 220 g/mol. The Morgan fingerprint density at radius 3 is 2.27 bits per heavy atom. The van der Waals surface area contributed by atoms with E-state index in [1.54, 1.807) is 5.57 Å². The lowest BCUT2D eigenvalue weighted by atomic mass is 9.87. The first-order chi connectivity index (χ1) is 6.97. The second kappa shape index (κ2) is 5.07. The predicted molar refractivity (Wildman–Crippen MR) is 73.0 cm³/mol. The highest BCUT2D eigenvalue weighted by Gasteiger charge is 2.18. The van der Waals surface area contributed by atoms with E-state index in [9.17, 15) is 0 Å². The molecule has 0 spiro atoms. The first kappa shape index (κ1) is 12.6. The van der Waals surface area contributed by atoms with Gasteiger partial charge in [0.05, 0.1) is 0 Å². The lowest BCUT2D eigenvalue weighted by molar-refractivity contribution is 0.518. The minimum atomic E-state index is -0.201. The minimum absolute atomic E-state index is 0.201. The molecule has 0 N–H and O–H groups in total. The molecule has 0 saturated carbocycles. The smallest absolute Gasteiger partial charge is 0.00955 e. The highest BCUT2D eigenvalue weighted by molar-refractivity contribution is 6.68. The fraction of sp³-hybridized carbons (Fsp3) is 0.643. The van der Waals surface area contributed by atoms with Crippen LogP contribution in [0.1, 0.15) is 41.0 Å². The van der Waals surface area contributed by atoms with Gasteiger partial charge in [0, 0.05) is 8.41 Å². The molecule has 84 valence electrons. The molecule has 0 nitrogen and oxygen atoms in total. The number of hydrogen-bond donors (Lipinski definition) is 0. The Hall–Kier alpha value is -0.433. The van der Waals surface area contributed by atoms with Gasteiger partial charge in [-0.05, 0) is 35.1 Å². The zero-order chi connectivity index (χ0) is 11.5.